The van der Waals surface area contributed by atoms with E-state index in [-0.39, 0.29) is 11.5 Å². The smallest absolute Gasteiger partial charge is 0.147 e. The molecule has 1 aliphatic carbocycles. The molecule has 3 nitrogen and oxygen atoms in total. The summed E-state index contributed by atoms with van der Waals surface area (Å²) in [6.07, 6.45) is 7.49. The minimum Gasteiger partial charge on any atom is -0.377 e. The molecule has 1 fully saturated rings. The maximum absolute atomic E-state index is 11.6. The van der Waals surface area contributed by atoms with Gasteiger partial charge in [0.1, 0.15) is 6.29 Å². The van der Waals surface area contributed by atoms with Gasteiger partial charge in [-0.05, 0) is 60.5 Å². The second-order valence-corrected chi connectivity index (χ2v) is 8.08. The molecule has 120 valence electrons. The molecular weight excluding hydrogens is 399 g/mol. The molecule has 1 spiro atoms. The van der Waals surface area contributed by atoms with E-state index in [1.165, 1.54) is 14.8 Å². The summed E-state index contributed by atoms with van der Waals surface area (Å²) in [6.45, 7) is 4.22. The van der Waals surface area contributed by atoms with Gasteiger partial charge in [-0.15, -0.1) is 0 Å². The van der Waals surface area contributed by atoms with E-state index < -0.39 is 0 Å². The van der Waals surface area contributed by atoms with Crippen LogP contribution in [0.5, 0.6) is 0 Å². The molecule has 4 heteroatoms. The average Bonchev–Trinajstić information content (AvgIpc) is 3.12. The van der Waals surface area contributed by atoms with E-state index in [0.717, 1.165) is 37.8 Å². The monoisotopic (exact) mass is 420 g/mol. The van der Waals surface area contributed by atoms with Crippen LogP contribution in [-0.4, -0.2) is 36.4 Å². The number of likely N-dealkylation sites (tertiary alicyclic amines) is 1. The van der Waals surface area contributed by atoms with Crippen LogP contribution < -0.4 is 5.32 Å². The van der Waals surface area contributed by atoms with Gasteiger partial charge in [-0.1, -0.05) is 30.4 Å². The van der Waals surface area contributed by atoms with Crippen molar-refractivity contribution in [2.45, 2.75) is 37.3 Å². The average molecular weight is 420 g/mol. The number of carbonyl (C=O) groups excluding carboxylic acids is 1. The fraction of sp³-hybridized carbons (Fsp3) is 0.421. The zero-order chi connectivity index (χ0) is 16.0. The molecule has 0 unspecified atom stereocenters. The third kappa shape index (κ3) is 2.14. The highest BCUT2D eigenvalue weighted by Gasteiger charge is 2.59. The molecule has 1 aromatic carbocycles. The van der Waals surface area contributed by atoms with Crippen molar-refractivity contribution in [2.24, 2.45) is 0 Å². The minimum atomic E-state index is 0.0479. The second kappa shape index (κ2) is 5.74. The fourth-order valence-electron chi connectivity index (χ4n) is 4.78. The largest absolute Gasteiger partial charge is 0.377 e. The number of para-hydroxylation sites is 1. The van der Waals surface area contributed by atoms with Gasteiger partial charge in [-0.2, -0.15) is 0 Å². The zero-order valence-electron chi connectivity index (χ0n) is 13.3. The van der Waals surface area contributed by atoms with Crippen molar-refractivity contribution >= 4 is 34.6 Å². The van der Waals surface area contributed by atoms with Crippen molar-refractivity contribution in [3.63, 3.8) is 0 Å². The van der Waals surface area contributed by atoms with Crippen molar-refractivity contribution in [3.05, 3.63) is 51.1 Å². The lowest BCUT2D eigenvalue weighted by Gasteiger charge is -2.42. The lowest BCUT2D eigenvalue weighted by molar-refractivity contribution is -0.105. The normalized spacial score (nSPS) is 32.6. The first-order valence-corrected chi connectivity index (χ1v) is 9.34. The van der Waals surface area contributed by atoms with E-state index in [1.54, 1.807) is 0 Å². The number of aldehydes is 1. The van der Waals surface area contributed by atoms with Crippen LogP contribution in [0.1, 0.15) is 25.3 Å². The highest BCUT2D eigenvalue weighted by molar-refractivity contribution is 14.1. The summed E-state index contributed by atoms with van der Waals surface area (Å²) in [7, 11) is 0. The van der Waals surface area contributed by atoms with Crippen LogP contribution in [0.15, 0.2) is 45.6 Å². The van der Waals surface area contributed by atoms with Crippen molar-refractivity contribution in [2.75, 3.05) is 18.4 Å². The third-order valence-electron chi connectivity index (χ3n) is 5.81. The van der Waals surface area contributed by atoms with Crippen LogP contribution in [0.2, 0.25) is 0 Å². The Morgan fingerprint density at radius 2 is 2.30 bits per heavy atom. The van der Waals surface area contributed by atoms with Crippen molar-refractivity contribution in [1.82, 2.24) is 4.90 Å². The lowest BCUT2D eigenvalue weighted by Crippen LogP contribution is -2.52. The SMILES string of the molecule is C/C=C(\I)CN1CC[C@]23c4ccccc4N[C@H]2C(C=O)=CC[C@H]13. The highest BCUT2D eigenvalue weighted by Crippen LogP contribution is 2.55. The Labute approximate surface area is 151 Å². The van der Waals surface area contributed by atoms with Crippen LogP contribution >= 0.6 is 22.6 Å². The summed E-state index contributed by atoms with van der Waals surface area (Å²) in [5.41, 5.74) is 3.59. The van der Waals surface area contributed by atoms with Gasteiger partial charge >= 0.3 is 0 Å². The van der Waals surface area contributed by atoms with Crippen LogP contribution in [0.25, 0.3) is 0 Å². The number of rotatable bonds is 3. The highest BCUT2D eigenvalue weighted by atomic mass is 127. The van der Waals surface area contributed by atoms with E-state index in [4.69, 9.17) is 0 Å². The molecule has 0 aromatic heterocycles. The van der Waals surface area contributed by atoms with Gasteiger partial charge in [-0.25, -0.2) is 0 Å². The summed E-state index contributed by atoms with van der Waals surface area (Å²) in [5, 5.41) is 3.64. The van der Waals surface area contributed by atoms with Gasteiger partial charge < -0.3 is 5.32 Å². The number of allylic oxidation sites excluding steroid dienone is 1. The van der Waals surface area contributed by atoms with Gasteiger partial charge in [-0.3, -0.25) is 9.69 Å². The Bertz CT molecular complexity index is 711. The molecule has 3 aliphatic rings. The molecule has 0 bridgehead atoms. The Morgan fingerprint density at radius 3 is 3.09 bits per heavy atom. The standard InChI is InChI=1S/C19H21IN2O/c1-2-14(20)11-22-10-9-19-15-5-3-4-6-16(15)21-18(19)13(12-23)7-8-17(19)22/h2-7,12,17-18,21H,8-11H2,1H3/b14-2-/t17-,18-,19+/m0/s1. The molecule has 0 saturated carbocycles. The van der Waals surface area contributed by atoms with E-state index in [0.29, 0.717) is 6.04 Å². The molecule has 1 saturated heterocycles. The van der Waals surface area contributed by atoms with Crippen molar-refractivity contribution in [1.29, 1.82) is 0 Å². The Balaban J connectivity index is 1.80. The molecule has 0 amide bonds. The first-order chi connectivity index (χ1) is 11.2. The molecule has 1 N–H and O–H groups in total. The summed E-state index contributed by atoms with van der Waals surface area (Å²) in [5.74, 6) is 0. The van der Waals surface area contributed by atoms with Gasteiger partial charge in [0, 0.05) is 32.8 Å². The first kappa shape index (κ1) is 15.4. The van der Waals surface area contributed by atoms with Crippen LogP contribution in [0.3, 0.4) is 0 Å². The number of carbonyl (C=O) groups is 1. The minimum absolute atomic E-state index is 0.0479. The van der Waals surface area contributed by atoms with E-state index in [2.05, 4.69) is 76.1 Å². The predicted octanol–water partition coefficient (Wildman–Crippen LogP) is 3.66. The zero-order valence-corrected chi connectivity index (χ0v) is 15.4. The number of halogens is 1. The van der Waals surface area contributed by atoms with Gasteiger partial charge in [0.05, 0.1) is 6.04 Å². The second-order valence-electron chi connectivity index (χ2n) is 6.69. The number of benzene rings is 1. The quantitative estimate of drug-likeness (QED) is 0.599. The van der Waals surface area contributed by atoms with Crippen molar-refractivity contribution < 1.29 is 4.79 Å². The Kier molecular flexibility index (Phi) is 3.84. The predicted molar refractivity (Wildman–Crippen MR) is 102 cm³/mol. The molecule has 0 radical (unpaired) electrons. The third-order valence-corrected chi connectivity index (χ3v) is 6.77. The summed E-state index contributed by atoms with van der Waals surface area (Å²) in [4.78, 5) is 14.2. The maximum Gasteiger partial charge on any atom is 0.147 e. The van der Waals surface area contributed by atoms with Crippen LogP contribution in [0.4, 0.5) is 5.69 Å². The number of nitrogens with zero attached hydrogens (tertiary/aromatic N) is 1. The summed E-state index contributed by atoms with van der Waals surface area (Å²) >= 11 is 2.44. The van der Waals surface area contributed by atoms with E-state index in [1.807, 2.05) is 0 Å². The van der Waals surface area contributed by atoms with Gasteiger partial charge in [0.2, 0.25) is 0 Å². The summed E-state index contributed by atoms with van der Waals surface area (Å²) in [6, 6.07) is 9.22. The Morgan fingerprint density at radius 1 is 1.48 bits per heavy atom. The lowest BCUT2D eigenvalue weighted by atomic mass is 9.65. The molecule has 3 atom stereocenters. The number of nitrogens with one attached hydrogen (secondary N) is 1. The molecule has 23 heavy (non-hydrogen) atoms. The van der Waals surface area contributed by atoms with E-state index in [9.17, 15) is 4.79 Å². The van der Waals surface area contributed by atoms with Crippen LogP contribution in [0, 0.1) is 0 Å². The number of hydrogen-bond acceptors (Lipinski definition) is 3. The van der Waals surface area contributed by atoms with Gasteiger partial charge in [0.25, 0.3) is 0 Å². The molecular formula is C19H21IN2O. The number of anilines is 1. The summed E-state index contributed by atoms with van der Waals surface area (Å²) < 4.78 is 1.39. The van der Waals surface area contributed by atoms with Gasteiger partial charge in [0.15, 0.2) is 0 Å². The molecule has 2 aliphatic heterocycles. The number of hydrogen-bond donors (Lipinski definition) is 1. The number of fused-ring (bicyclic) bond motifs is 1. The fourth-order valence-corrected chi connectivity index (χ4v) is 5.22. The topological polar surface area (TPSA) is 32.3 Å². The molecule has 1 aromatic rings. The first-order valence-electron chi connectivity index (χ1n) is 8.26. The molecule has 4 rings (SSSR count). The molecule has 2 heterocycles. The van der Waals surface area contributed by atoms with E-state index >= 15 is 0 Å². The van der Waals surface area contributed by atoms with Crippen molar-refractivity contribution in [3.8, 4) is 0 Å². The Hall–Kier alpha value is -1.14. The van der Waals surface area contributed by atoms with Crippen LogP contribution in [-0.2, 0) is 10.2 Å². The maximum atomic E-state index is 11.6.